The number of carbonyl (C=O) groups excluding carboxylic acids is 2. The molecule has 0 atom stereocenters. The molecule has 6 heteroatoms. The second-order valence-corrected chi connectivity index (χ2v) is 4.56. The summed E-state index contributed by atoms with van der Waals surface area (Å²) in [6, 6.07) is 1.62. The van der Waals surface area contributed by atoms with Crippen LogP contribution in [-0.4, -0.2) is 18.0 Å². The van der Waals surface area contributed by atoms with Crippen LogP contribution in [-0.2, 0) is 4.74 Å². The predicted octanol–water partition coefficient (Wildman–Crippen LogP) is 3.12. The van der Waals surface area contributed by atoms with Crippen LogP contribution in [0.25, 0.3) is 0 Å². The fraction of sp³-hybridized carbons (Fsp3) is 0.333. The maximum Gasteiger partial charge on any atom is 0.412 e. The van der Waals surface area contributed by atoms with Crippen LogP contribution in [0.5, 0.6) is 0 Å². The van der Waals surface area contributed by atoms with Crippen molar-refractivity contribution in [2.24, 2.45) is 0 Å². The van der Waals surface area contributed by atoms with E-state index in [4.69, 9.17) is 4.74 Å². The van der Waals surface area contributed by atoms with Gasteiger partial charge in [0.15, 0.2) is 6.29 Å². The Kier molecular flexibility index (Phi) is 4.00. The molecule has 0 unspecified atom stereocenters. The molecule has 1 aromatic rings. The van der Waals surface area contributed by atoms with Crippen LogP contribution in [0.3, 0.4) is 0 Å². The Morgan fingerprint density at radius 1 is 1.28 bits per heavy atom. The highest BCUT2D eigenvalue weighted by molar-refractivity contribution is 5.93. The van der Waals surface area contributed by atoms with Gasteiger partial charge in [0.25, 0.3) is 0 Å². The molecule has 98 valence electrons. The molecule has 0 aromatic heterocycles. The Balaban J connectivity index is 3.01. The van der Waals surface area contributed by atoms with E-state index in [9.17, 15) is 18.4 Å². The summed E-state index contributed by atoms with van der Waals surface area (Å²) >= 11 is 0. The second kappa shape index (κ2) is 5.12. The molecule has 0 heterocycles. The Labute approximate surface area is 103 Å². The van der Waals surface area contributed by atoms with E-state index >= 15 is 0 Å². The highest BCUT2D eigenvalue weighted by Crippen LogP contribution is 2.22. The van der Waals surface area contributed by atoms with Crippen molar-refractivity contribution in [2.75, 3.05) is 5.32 Å². The lowest BCUT2D eigenvalue weighted by molar-refractivity contribution is 0.0635. The Morgan fingerprint density at radius 3 is 2.33 bits per heavy atom. The molecule has 1 N–H and O–H groups in total. The zero-order valence-electron chi connectivity index (χ0n) is 10.2. The number of rotatable bonds is 2. The summed E-state index contributed by atoms with van der Waals surface area (Å²) in [5, 5.41) is 2.02. The summed E-state index contributed by atoms with van der Waals surface area (Å²) in [6.07, 6.45) is -0.833. The van der Waals surface area contributed by atoms with Crippen LogP contribution < -0.4 is 5.32 Å². The van der Waals surface area contributed by atoms with Crippen molar-refractivity contribution < 1.29 is 23.1 Å². The number of amides is 1. The van der Waals surface area contributed by atoms with Gasteiger partial charge in [0.1, 0.15) is 17.2 Å². The van der Waals surface area contributed by atoms with Crippen molar-refractivity contribution in [1.82, 2.24) is 0 Å². The molecule has 1 aromatic carbocycles. The number of anilines is 1. The van der Waals surface area contributed by atoms with Gasteiger partial charge in [-0.15, -0.1) is 0 Å². The first-order valence-electron chi connectivity index (χ1n) is 5.18. The molecule has 1 rings (SSSR count). The first-order valence-corrected chi connectivity index (χ1v) is 5.18. The standard InChI is InChI=1S/C12H13F2NO3/c1-12(2,3)18-11(17)15-10-7(6-16)8(13)4-5-9(10)14/h4-6H,1-3H3,(H,15,17). The van der Waals surface area contributed by atoms with E-state index in [1.165, 1.54) is 0 Å². The van der Waals surface area contributed by atoms with Crippen molar-refractivity contribution in [1.29, 1.82) is 0 Å². The molecule has 4 nitrogen and oxygen atoms in total. The molecule has 0 aliphatic heterocycles. The van der Waals surface area contributed by atoms with Gasteiger partial charge in [0.05, 0.1) is 11.3 Å². The summed E-state index contributed by atoms with van der Waals surface area (Å²) in [4.78, 5) is 22.1. The monoisotopic (exact) mass is 257 g/mol. The van der Waals surface area contributed by atoms with Crippen LogP contribution in [0.2, 0.25) is 0 Å². The number of ether oxygens (including phenoxy) is 1. The summed E-state index contributed by atoms with van der Waals surface area (Å²) in [7, 11) is 0. The van der Waals surface area contributed by atoms with E-state index < -0.39 is 34.6 Å². The third kappa shape index (κ3) is 3.51. The van der Waals surface area contributed by atoms with Gasteiger partial charge in [-0.25, -0.2) is 13.6 Å². The molecule has 0 aliphatic carbocycles. The van der Waals surface area contributed by atoms with Gasteiger partial charge >= 0.3 is 6.09 Å². The molecule has 0 aliphatic rings. The fourth-order valence-electron chi connectivity index (χ4n) is 1.22. The molecule has 0 fully saturated rings. The highest BCUT2D eigenvalue weighted by Gasteiger charge is 2.20. The van der Waals surface area contributed by atoms with Gasteiger partial charge in [0.2, 0.25) is 0 Å². The topological polar surface area (TPSA) is 55.4 Å². The van der Waals surface area contributed by atoms with E-state index in [1.54, 1.807) is 20.8 Å². The molecular formula is C12H13F2NO3. The van der Waals surface area contributed by atoms with E-state index in [2.05, 4.69) is 0 Å². The minimum absolute atomic E-state index is 0.130. The number of halogens is 2. The normalized spacial score (nSPS) is 10.9. The maximum absolute atomic E-state index is 13.4. The summed E-state index contributed by atoms with van der Waals surface area (Å²) in [6.45, 7) is 4.86. The summed E-state index contributed by atoms with van der Waals surface area (Å²) in [5.74, 6) is -1.83. The Hall–Kier alpha value is -1.98. The lowest BCUT2D eigenvalue weighted by Crippen LogP contribution is -2.28. The molecule has 1 amide bonds. The minimum Gasteiger partial charge on any atom is -0.444 e. The number of carbonyl (C=O) groups is 2. The van der Waals surface area contributed by atoms with Gasteiger partial charge in [-0.05, 0) is 32.9 Å². The second-order valence-electron chi connectivity index (χ2n) is 4.56. The number of nitrogens with one attached hydrogen (secondary N) is 1. The fourth-order valence-corrected chi connectivity index (χ4v) is 1.22. The van der Waals surface area contributed by atoms with E-state index in [0.29, 0.717) is 0 Å². The van der Waals surface area contributed by atoms with Gasteiger partial charge < -0.3 is 4.74 Å². The average Bonchev–Trinajstić information content (AvgIpc) is 2.21. The number of hydrogen-bond acceptors (Lipinski definition) is 3. The van der Waals surface area contributed by atoms with Crippen molar-refractivity contribution >= 4 is 18.1 Å². The molecule has 0 spiro atoms. The smallest absolute Gasteiger partial charge is 0.412 e. The van der Waals surface area contributed by atoms with Gasteiger partial charge in [0, 0.05) is 0 Å². The lowest BCUT2D eigenvalue weighted by Gasteiger charge is -2.20. The van der Waals surface area contributed by atoms with Gasteiger partial charge in [-0.3, -0.25) is 10.1 Å². The Bertz CT molecular complexity index is 481. The van der Waals surface area contributed by atoms with Crippen LogP contribution in [0.4, 0.5) is 19.3 Å². The lowest BCUT2D eigenvalue weighted by atomic mass is 10.1. The first kappa shape index (κ1) is 14.1. The van der Waals surface area contributed by atoms with E-state index in [1.807, 2.05) is 5.32 Å². The first-order chi connectivity index (χ1) is 8.24. The van der Waals surface area contributed by atoms with Crippen LogP contribution in [0, 0.1) is 11.6 Å². The van der Waals surface area contributed by atoms with Crippen LogP contribution in [0.15, 0.2) is 12.1 Å². The van der Waals surface area contributed by atoms with E-state index in [-0.39, 0.29) is 6.29 Å². The third-order valence-corrected chi connectivity index (χ3v) is 1.89. The van der Waals surface area contributed by atoms with Crippen molar-refractivity contribution in [3.63, 3.8) is 0 Å². The maximum atomic E-state index is 13.4. The molecule has 0 radical (unpaired) electrons. The van der Waals surface area contributed by atoms with Crippen molar-refractivity contribution in [2.45, 2.75) is 26.4 Å². The minimum atomic E-state index is -0.963. The van der Waals surface area contributed by atoms with Crippen molar-refractivity contribution in [3.8, 4) is 0 Å². The molecule has 0 saturated heterocycles. The van der Waals surface area contributed by atoms with Crippen molar-refractivity contribution in [3.05, 3.63) is 29.3 Å². The summed E-state index contributed by atoms with van der Waals surface area (Å²) in [5.41, 5.74) is -1.87. The molecule has 0 saturated carbocycles. The molecule has 0 bridgehead atoms. The molecule has 18 heavy (non-hydrogen) atoms. The summed E-state index contributed by atoms with van der Waals surface area (Å²) < 4.78 is 31.5. The molecular weight excluding hydrogens is 244 g/mol. The zero-order chi connectivity index (χ0) is 13.9. The Morgan fingerprint density at radius 2 is 1.83 bits per heavy atom. The van der Waals surface area contributed by atoms with Crippen LogP contribution >= 0.6 is 0 Å². The van der Waals surface area contributed by atoms with E-state index in [0.717, 1.165) is 12.1 Å². The number of aldehydes is 1. The zero-order valence-corrected chi connectivity index (χ0v) is 10.2. The SMILES string of the molecule is CC(C)(C)OC(=O)Nc1c(F)ccc(F)c1C=O. The third-order valence-electron chi connectivity index (χ3n) is 1.89. The quantitative estimate of drug-likeness (QED) is 0.828. The number of benzene rings is 1. The average molecular weight is 257 g/mol. The van der Waals surface area contributed by atoms with Gasteiger partial charge in [-0.2, -0.15) is 0 Å². The predicted molar refractivity (Wildman–Crippen MR) is 61.6 cm³/mol. The highest BCUT2D eigenvalue weighted by atomic mass is 19.1. The van der Waals surface area contributed by atoms with Crippen LogP contribution in [0.1, 0.15) is 31.1 Å². The number of hydrogen-bond donors (Lipinski definition) is 1. The largest absolute Gasteiger partial charge is 0.444 e. The van der Waals surface area contributed by atoms with Gasteiger partial charge in [-0.1, -0.05) is 0 Å².